The molecule has 3 aromatic heterocycles. The summed E-state index contributed by atoms with van der Waals surface area (Å²) >= 11 is 6.36. The van der Waals surface area contributed by atoms with Crippen molar-refractivity contribution in [1.82, 2.24) is 29.7 Å². The number of aromatic nitrogens is 6. The highest BCUT2D eigenvalue weighted by atomic mass is 35.5. The summed E-state index contributed by atoms with van der Waals surface area (Å²) in [6.07, 6.45) is 1.53. The average molecular weight is 437 g/mol. The Kier molecular flexibility index (Phi) is 4.92. The molecule has 1 atom stereocenters. The Bertz CT molecular complexity index is 1400. The van der Waals surface area contributed by atoms with Gasteiger partial charge in [-0.15, -0.1) is 0 Å². The summed E-state index contributed by atoms with van der Waals surface area (Å²) in [5.74, 6) is 0.711. The van der Waals surface area contributed by atoms with Crippen LogP contribution in [-0.4, -0.2) is 29.7 Å². The summed E-state index contributed by atoms with van der Waals surface area (Å²) < 4.78 is 1.40. The van der Waals surface area contributed by atoms with Crippen LogP contribution in [0, 0.1) is 18.3 Å². The minimum absolute atomic E-state index is 0.0335. The molecule has 6 N–H and O–H groups in total. The van der Waals surface area contributed by atoms with Crippen LogP contribution in [0.25, 0.3) is 16.7 Å². The van der Waals surface area contributed by atoms with Crippen molar-refractivity contribution < 1.29 is 0 Å². The van der Waals surface area contributed by atoms with Gasteiger partial charge in [-0.25, -0.2) is 9.55 Å². The SMILES string of the molecule is Cc1ccc(Cl)c2nc([C@H](C)Nc3nc(N)nc(N)c3C#N)n(-c3ccn[nH]3)c(=O)c12. The number of aromatic amines is 1. The Balaban J connectivity index is 1.96. The molecule has 31 heavy (non-hydrogen) atoms. The molecule has 0 saturated carbocycles. The van der Waals surface area contributed by atoms with Crippen LogP contribution in [-0.2, 0) is 0 Å². The van der Waals surface area contributed by atoms with E-state index in [1.807, 2.05) is 13.0 Å². The fraction of sp³-hybridized carbons (Fsp3) is 0.158. The number of nitrogens with one attached hydrogen (secondary N) is 2. The highest BCUT2D eigenvalue weighted by Gasteiger charge is 2.22. The lowest BCUT2D eigenvalue weighted by Gasteiger charge is -2.20. The zero-order chi connectivity index (χ0) is 22.3. The van der Waals surface area contributed by atoms with Gasteiger partial charge in [0.25, 0.3) is 5.56 Å². The normalized spacial score (nSPS) is 11.9. The molecule has 0 fully saturated rings. The van der Waals surface area contributed by atoms with Crippen LogP contribution in [0.4, 0.5) is 17.6 Å². The molecule has 12 heteroatoms. The van der Waals surface area contributed by atoms with E-state index in [0.29, 0.717) is 27.6 Å². The lowest BCUT2D eigenvalue weighted by atomic mass is 10.1. The molecule has 0 amide bonds. The van der Waals surface area contributed by atoms with Gasteiger partial charge < -0.3 is 16.8 Å². The van der Waals surface area contributed by atoms with Crippen LogP contribution in [0.5, 0.6) is 0 Å². The standard InChI is InChI=1S/C19H17ClN10O/c1-8-3-4-11(20)14-13(8)18(31)30(12-5-6-24-29-12)17(26-14)9(2)25-16-10(7-21)15(22)27-19(23)28-16/h3-6,9H,1-2H3,(H,24,29)(H5,22,23,25,27,28)/t9-/m0/s1. The van der Waals surface area contributed by atoms with Crippen LogP contribution in [0.15, 0.2) is 29.2 Å². The number of H-pyrrole nitrogens is 1. The van der Waals surface area contributed by atoms with Gasteiger partial charge in [0.05, 0.1) is 28.2 Å². The van der Waals surface area contributed by atoms with E-state index in [-0.39, 0.29) is 28.7 Å². The van der Waals surface area contributed by atoms with Crippen LogP contribution in [0.1, 0.15) is 29.9 Å². The number of halogens is 1. The lowest BCUT2D eigenvalue weighted by Crippen LogP contribution is -2.28. The molecule has 11 nitrogen and oxygen atoms in total. The molecule has 0 unspecified atom stereocenters. The summed E-state index contributed by atoms with van der Waals surface area (Å²) in [4.78, 5) is 26.0. The monoisotopic (exact) mass is 436 g/mol. The molecule has 4 aromatic rings. The Morgan fingerprint density at radius 2 is 2.03 bits per heavy atom. The van der Waals surface area contributed by atoms with Crippen LogP contribution in [0.2, 0.25) is 5.02 Å². The molecule has 0 aliphatic rings. The fourth-order valence-electron chi connectivity index (χ4n) is 3.30. The van der Waals surface area contributed by atoms with Gasteiger partial charge in [-0.1, -0.05) is 17.7 Å². The van der Waals surface area contributed by atoms with Gasteiger partial charge in [0.2, 0.25) is 5.95 Å². The molecule has 0 spiro atoms. The van der Waals surface area contributed by atoms with E-state index in [2.05, 4.69) is 30.5 Å². The molecule has 156 valence electrons. The summed E-state index contributed by atoms with van der Waals surface area (Å²) in [6, 6.07) is 6.44. The smallest absolute Gasteiger partial charge is 0.267 e. The van der Waals surface area contributed by atoms with Gasteiger partial charge in [-0.2, -0.15) is 20.3 Å². The van der Waals surface area contributed by atoms with Gasteiger partial charge in [0, 0.05) is 6.07 Å². The molecule has 0 aliphatic heterocycles. The Hall–Kier alpha value is -4.17. The summed E-state index contributed by atoms with van der Waals surface area (Å²) in [7, 11) is 0. The zero-order valence-electron chi connectivity index (χ0n) is 16.5. The summed E-state index contributed by atoms with van der Waals surface area (Å²) in [6.45, 7) is 3.56. The number of fused-ring (bicyclic) bond motifs is 1. The first-order chi connectivity index (χ1) is 14.8. The van der Waals surface area contributed by atoms with Crippen molar-refractivity contribution in [3.8, 4) is 11.9 Å². The van der Waals surface area contributed by atoms with E-state index in [1.54, 1.807) is 25.1 Å². The number of benzene rings is 1. The Morgan fingerprint density at radius 3 is 2.71 bits per heavy atom. The topological polar surface area (TPSA) is 177 Å². The van der Waals surface area contributed by atoms with Gasteiger partial charge in [0.15, 0.2) is 5.82 Å². The first-order valence-electron chi connectivity index (χ1n) is 9.13. The number of rotatable bonds is 4. The number of hydrogen-bond acceptors (Lipinski definition) is 9. The first-order valence-corrected chi connectivity index (χ1v) is 9.50. The second kappa shape index (κ2) is 7.58. The maximum absolute atomic E-state index is 13.5. The highest BCUT2D eigenvalue weighted by molar-refractivity contribution is 6.35. The Labute approximate surface area is 180 Å². The first kappa shape index (κ1) is 20.1. The van der Waals surface area contributed by atoms with E-state index < -0.39 is 6.04 Å². The number of nitrogens with two attached hydrogens (primary N) is 2. The quantitative estimate of drug-likeness (QED) is 0.372. The number of nitrogens with zero attached hydrogens (tertiary/aromatic N) is 6. The summed E-state index contributed by atoms with van der Waals surface area (Å²) in [5, 5.41) is 20.0. The predicted octanol–water partition coefficient (Wildman–Crippen LogP) is 2.07. The van der Waals surface area contributed by atoms with Crippen LogP contribution < -0.4 is 22.3 Å². The molecule has 3 heterocycles. The zero-order valence-corrected chi connectivity index (χ0v) is 17.3. The van der Waals surface area contributed by atoms with Crippen molar-refractivity contribution in [3.63, 3.8) is 0 Å². The average Bonchev–Trinajstić information content (AvgIpc) is 3.24. The van der Waals surface area contributed by atoms with Gasteiger partial charge in [0.1, 0.15) is 29.1 Å². The van der Waals surface area contributed by atoms with Gasteiger partial charge in [-0.3, -0.25) is 9.89 Å². The number of aryl methyl sites for hydroxylation is 1. The lowest BCUT2D eigenvalue weighted by molar-refractivity contribution is 0.719. The number of nitrogen functional groups attached to an aromatic ring is 2. The molecule has 0 bridgehead atoms. The van der Waals surface area contributed by atoms with E-state index in [4.69, 9.17) is 23.1 Å². The highest BCUT2D eigenvalue weighted by Crippen LogP contribution is 2.27. The van der Waals surface area contributed by atoms with Crippen LogP contribution in [0.3, 0.4) is 0 Å². The molecule has 1 aromatic carbocycles. The molecule has 0 radical (unpaired) electrons. The number of anilines is 3. The Morgan fingerprint density at radius 1 is 1.26 bits per heavy atom. The second-order valence-electron chi connectivity index (χ2n) is 6.81. The van der Waals surface area contributed by atoms with Gasteiger partial charge in [-0.05, 0) is 25.5 Å². The van der Waals surface area contributed by atoms with Crippen molar-refractivity contribution in [2.24, 2.45) is 0 Å². The number of hydrogen-bond donors (Lipinski definition) is 4. The minimum atomic E-state index is -0.613. The maximum Gasteiger partial charge on any atom is 0.267 e. The van der Waals surface area contributed by atoms with Crippen molar-refractivity contribution in [2.75, 3.05) is 16.8 Å². The molecule has 0 saturated heterocycles. The van der Waals surface area contributed by atoms with Crippen molar-refractivity contribution >= 4 is 40.1 Å². The minimum Gasteiger partial charge on any atom is -0.382 e. The molecule has 0 aliphatic carbocycles. The van der Waals surface area contributed by atoms with E-state index >= 15 is 0 Å². The van der Waals surface area contributed by atoms with E-state index in [1.165, 1.54) is 10.8 Å². The van der Waals surface area contributed by atoms with Crippen molar-refractivity contribution in [2.45, 2.75) is 19.9 Å². The third-order valence-electron chi connectivity index (χ3n) is 4.74. The van der Waals surface area contributed by atoms with E-state index in [9.17, 15) is 10.1 Å². The third kappa shape index (κ3) is 3.38. The number of nitriles is 1. The predicted molar refractivity (Wildman–Crippen MR) is 117 cm³/mol. The van der Waals surface area contributed by atoms with E-state index in [0.717, 1.165) is 5.56 Å². The molecule has 4 rings (SSSR count). The molecular weight excluding hydrogens is 420 g/mol. The van der Waals surface area contributed by atoms with Gasteiger partial charge >= 0.3 is 0 Å². The van der Waals surface area contributed by atoms with Crippen molar-refractivity contribution in [3.05, 3.63) is 56.7 Å². The maximum atomic E-state index is 13.5. The fourth-order valence-corrected chi connectivity index (χ4v) is 3.50. The summed E-state index contributed by atoms with van der Waals surface area (Å²) in [5.41, 5.74) is 12.3. The largest absolute Gasteiger partial charge is 0.382 e. The van der Waals surface area contributed by atoms with Crippen LogP contribution >= 0.6 is 11.6 Å². The van der Waals surface area contributed by atoms with Crippen molar-refractivity contribution in [1.29, 1.82) is 5.26 Å². The second-order valence-corrected chi connectivity index (χ2v) is 7.22. The molecular formula is C19H17ClN10O. The third-order valence-corrected chi connectivity index (χ3v) is 5.05.